The van der Waals surface area contributed by atoms with Crippen LogP contribution < -0.4 is 19.8 Å². The van der Waals surface area contributed by atoms with Crippen molar-refractivity contribution < 1.29 is 18.4 Å². The minimum absolute atomic E-state index is 0.0730. The van der Waals surface area contributed by atoms with E-state index in [1.807, 2.05) is 55.1 Å². The molecule has 0 saturated carbocycles. The van der Waals surface area contributed by atoms with Crippen LogP contribution in [-0.4, -0.2) is 19.0 Å². The molecule has 7 nitrogen and oxygen atoms in total. The summed E-state index contributed by atoms with van der Waals surface area (Å²) < 4.78 is 22.5. The van der Waals surface area contributed by atoms with Gasteiger partial charge < -0.3 is 23.3 Å². The highest BCUT2D eigenvalue weighted by Crippen LogP contribution is 2.35. The molecule has 1 aliphatic heterocycles. The van der Waals surface area contributed by atoms with E-state index in [4.69, 9.17) is 18.4 Å². The molecular weight excluding hydrogens is 384 g/mol. The molecule has 30 heavy (non-hydrogen) atoms. The quantitative estimate of drug-likeness (QED) is 0.500. The third kappa shape index (κ3) is 2.90. The van der Waals surface area contributed by atoms with Gasteiger partial charge >= 0.3 is 0 Å². The molecule has 0 fully saturated rings. The minimum atomic E-state index is -0.0730. The highest BCUT2D eigenvalue weighted by atomic mass is 16.5. The summed E-state index contributed by atoms with van der Waals surface area (Å²) in [6.07, 6.45) is 0. The van der Waals surface area contributed by atoms with Crippen LogP contribution >= 0.6 is 0 Å². The lowest BCUT2D eigenvalue weighted by Gasteiger charge is -2.29. The van der Waals surface area contributed by atoms with Gasteiger partial charge in [0.2, 0.25) is 5.43 Å². The van der Waals surface area contributed by atoms with E-state index in [-0.39, 0.29) is 5.43 Å². The SMILES string of the molecule is COc1ccc(-c2c(C)oc3c4c(ccc3c2=O)OCN(c2cc(C)on2)C4)cc1. The lowest BCUT2D eigenvalue weighted by molar-refractivity contribution is 0.284. The van der Waals surface area contributed by atoms with Crippen molar-refractivity contribution in [2.45, 2.75) is 20.4 Å². The van der Waals surface area contributed by atoms with Crippen molar-refractivity contribution in [2.75, 3.05) is 18.7 Å². The summed E-state index contributed by atoms with van der Waals surface area (Å²) in [4.78, 5) is 15.3. The largest absolute Gasteiger partial charge is 0.497 e. The van der Waals surface area contributed by atoms with Crippen molar-refractivity contribution >= 4 is 16.8 Å². The van der Waals surface area contributed by atoms with Gasteiger partial charge in [-0.15, -0.1) is 0 Å². The van der Waals surface area contributed by atoms with Crippen LogP contribution in [0, 0.1) is 13.8 Å². The first-order valence-corrected chi connectivity index (χ1v) is 9.60. The Bertz CT molecular complexity index is 1300. The Balaban J connectivity index is 1.63. The molecular formula is C23H20N2O5. The van der Waals surface area contributed by atoms with Crippen LogP contribution in [0.25, 0.3) is 22.1 Å². The summed E-state index contributed by atoms with van der Waals surface area (Å²) in [5, 5.41) is 4.58. The van der Waals surface area contributed by atoms with Crippen LogP contribution in [0.2, 0.25) is 0 Å². The standard InChI is InChI=1S/C23H20N2O5/c1-13-10-20(24-30-13)25-11-18-19(28-12-25)9-8-17-22(26)21(14(2)29-23(17)18)15-4-6-16(27-3)7-5-15/h4-10H,11-12H2,1-3H3. The molecule has 5 rings (SSSR count). The lowest BCUT2D eigenvalue weighted by atomic mass is 10.0. The molecule has 2 aromatic carbocycles. The highest BCUT2D eigenvalue weighted by Gasteiger charge is 2.25. The van der Waals surface area contributed by atoms with Gasteiger partial charge in [-0.3, -0.25) is 4.79 Å². The van der Waals surface area contributed by atoms with Crippen molar-refractivity contribution in [1.82, 2.24) is 5.16 Å². The number of benzene rings is 2. The van der Waals surface area contributed by atoms with Crippen molar-refractivity contribution in [3.05, 3.63) is 69.8 Å². The molecule has 0 radical (unpaired) electrons. The van der Waals surface area contributed by atoms with Gasteiger partial charge in [-0.05, 0) is 43.7 Å². The van der Waals surface area contributed by atoms with Gasteiger partial charge in [-0.25, -0.2) is 0 Å². The van der Waals surface area contributed by atoms with Crippen molar-refractivity contribution in [2.24, 2.45) is 0 Å². The zero-order chi connectivity index (χ0) is 20.8. The van der Waals surface area contributed by atoms with E-state index in [1.165, 1.54) is 0 Å². The van der Waals surface area contributed by atoms with Crippen LogP contribution in [0.1, 0.15) is 17.1 Å². The zero-order valence-corrected chi connectivity index (χ0v) is 16.9. The van der Waals surface area contributed by atoms with E-state index in [0.29, 0.717) is 47.1 Å². The van der Waals surface area contributed by atoms with Gasteiger partial charge in [0.05, 0.1) is 30.2 Å². The molecule has 0 N–H and O–H groups in total. The summed E-state index contributed by atoms with van der Waals surface area (Å²) >= 11 is 0. The number of hydrogen-bond donors (Lipinski definition) is 0. The van der Waals surface area contributed by atoms with Gasteiger partial charge in [0.15, 0.2) is 12.5 Å². The Labute approximate surface area is 172 Å². The molecule has 1 aliphatic rings. The number of fused-ring (bicyclic) bond motifs is 3. The molecule has 4 aromatic rings. The number of nitrogens with zero attached hydrogens (tertiary/aromatic N) is 2. The molecule has 0 spiro atoms. The first kappa shape index (κ1) is 18.3. The number of anilines is 1. The number of methoxy groups -OCH3 is 1. The second-order valence-electron chi connectivity index (χ2n) is 7.28. The summed E-state index contributed by atoms with van der Waals surface area (Å²) in [5.41, 5.74) is 2.62. The van der Waals surface area contributed by atoms with E-state index in [1.54, 1.807) is 13.2 Å². The van der Waals surface area contributed by atoms with Gasteiger partial charge in [0.1, 0.15) is 28.6 Å². The number of ether oxygens (including phenoxy) is 2. The number of aryl methyl sites for hydroxylation is 2. The van der Waals surface area contributed by atoms with Crippen molar-refractivity contribution in [3.63, 3.8) is 0 Å². The Morgan fingerprint density at radius 3 is 2.60 bits per heavy atom. The molecule has 2 aromatic heterocycles. The molecule has 152 valence electrons. The molecule has 0 amide bonds. The summed E-state index contributed by atoms with van der Waals surface area (Å²) in [6.45, 7) is 4.50. The Kier molecular flexibility index (Phi) is 4.24. The van der Waals surface area contributed by atoms with Crippen LogP contribution in [0.15, 0.2) is 56.2 Å². The maximum Gasteiger partial charge on any atom is 0.200 e. The maximum atomic E-state index is 13.4. The zero-order valence-electron chi connectivity index (χ0n) is 16.9. The molecule has 7 heteroatoms. The van der Waals surface area contributed by atoms with Gasteiger partial charge in [0, 0.05) is 6.07 Å². The molecule has 0 saturated heterocycles. The van der Waals surface area contributed by atoms with E-state index >= 15 is 0 Å². The fourth-order valence-electron chi connectivity index (χ4n) is 3.81. The smallest absolute Gasteiger partial charge is 0.200 e. The average molecular weight is 404 g/mol. The molecule has 0 aliphatic carbocycles. The first-order chi connectivity index (χ1) is 14.5. The monoisotopic (exact) mass is 404 g/mol. The summed E-state index contributed by atoms with van der Waals surface area (Å²) in [5.74, 6) is 3.40. The van der Waals surface area contributed by atoms with Gasteiger partial charge in [-0.1, -0.05) is 17.3 Å². The van der Waals surface area contributed by atoms with Crippen LogP contribution in [0.5, 0.6) is 11.5 Å². The van der Waals surface area contributed by atoms with Crippen LogP contribution in [0.3, 0.4) is 0 Å². The molecule has 0 unspecified atom stereocenters. The summed E-state index contributed by atoms with van der Waals surface area (Å²) in [7, 11) is 1.61. The Morgan fingerprint density at radius 2 is 1.90 bits per heavy atom. The third-order valence-electron chi connectivity index (χ3n) is 5.34. The maximum absolute atomic E-state index is 13.4. The highest BCUT2D eigenvalue weighted by molar-refractivity contribution is 5.87. The average Bonchev–Trinajstić information content (AvgIpc) is 3.20. The third-order valence-corrected chi connectivity index (χ3v) is 5.34. The fraction of sp³-hybridized carbons (Fsp3) is 0.217. The Hall–Kier alpha value is -3.74. The predicted octanol–water partition coefficient (Wildman–Crippen LogP) is 4.43. The molecule has 0 atom stereocenters. The Morgan fingerprint density at radius 1 is 1.10 bits per heavy atom. The van der Waals surface area contributed by atoms with Crippen molar-refractivity contribution in [3.8, 4) is 22.6 Å². The predicted molar refractivity (Wildman–Crippen MR) is 112 cm³/mol. The van der Waals surface area contributed by atoms with Gasteiger partial charge in [-0.2, -0.15) is 0 Å². The topological polar surface area (TPSA) is 77.9 Å². The minimum Gasteiger partial charge on any atom is -0.497 e. The fourth-order valence-corrected chi connectivity index (χ4v) is 3.81. The van der Waals surface area contributed by atoms with E-state index in [9.17, 15) is 4.79 Å². The van der Waals surface area contributed by atoms with Crippen molar-refractivity contribution in [1.29, 1.82) is 0 Å². The van der Waals surface area contributed by atoms with Crippen LogP contribution in [-0.2, 0) is 6.54 Å². The lowest BCUT2D eigenvalue weighted by Crippen LogP contribution is -2.32. The first-order valence-electron chi connectivity index (χ1n) is 9.60. The van der Waals surface area contributed by atoms with Gasteiger partial charge in [0.25, 0.3) is 0 Å². The second kappa shape index (κ2) is 6.95. The second-order valence-corrected chi connectivity index (χ2v) is 7.28. The van der Waals surface area contributed by atoms with Crippen LogP contribution in [0.4, 0.5) is 5.82 Å². The number of hydrogen-bond acceptors (Lipinski definition) is 7. The number of rotatable bonds is 3. The van der Waals surface area contributed by atoms with E-state index in [0.717, 1.165) is 22.6 Å². The molecule has 3 heterocycles. The normalized spacial score (nSPS) is 13.2. The number of aromatic nitrogens is 1. The molecule has 0 bridgehead atoms. The summed E-state index contributed by atoms with van der Waals surface area (Å²) in [6, 6.07) is 12.8. The van der Waals surface area contributed by atoms with E-state index < -0.39 is 0 Å². The van der Waals surface area contributed by atoms with E-state index in [2.05, 4.69) is 5.16 Å².